The number of imidazole rings is 1. The fourth-order valence-electron chi connectivity index (χ4n) is 1.98. The highest BCUT2D eigenvalue weighted by atomic mass is 19.1. The molecule has 8 heteroatoms. The number of nitrogens with one attached hydrogen (secondary N) is 2. The lowest BCUT2D eigenvalue weighted by atomic mass is 10.1. The van der Waals surface area contributed by atoms with Gasteiger partial charge in [0.25, 0.3) is 0 Å². The van der Waals surface area contributed by atoms with Crippen LogP contribution in [0.3, 0.4) is 0 Å². The second-order valence-electron chi connectivity index (χ2n) is 4.34. The first-order valence-electron chi connectivity index (χ1n) is 6.34. The van der Waals surface area contributed by atoms with Gasteiger partial charge in [-0.3, -0.25) is 10.1 Å². The van der Waals surface area contributed by atoms with Crippen molar-refractivity contribution >= 4 is 11.4 Å². The minimum atomic E-state index is -0.715. The minimum absolute atomic E-state index is 0.00167. The number of nitrogens with zero attached hydrogens (tertiary/aromatic N) is 2. The number of nitro benzene ring substituents is 1. The number of benzene rings is 1. The summed E-state index contributed by atoms with van der Waals surface area (Å²) in [7, 11) is 1.30. The molecule has 2 rings (SSSR count). The van der Waals surface area contributed by atoms with Crippen molar-refractivity contribution in [2.75, 3.05) is 12.4 Å². The third-order valence-corrected chi connectivity index (χ3v) is 3.05. The molecule has 0 saturated heterocycles. The number of methoxy groups -OCH3 is 1. The fourth-order valence-corrected chi connectivity index (χ4v) is 1.98. The molecule has 7 nitrogen and oxygen atoms in total. The Bertz CT molecular complexity index is 631. The highest BCUT2D eigenvalue weighted by molar-refractivity contribution is 5.59. The quantitative estimate of drug-likeness (QED) is 0.631. The molecule has 1 heterocycles. The normalized spacial score (nSPS) is 12.0. The van der Waals surface area contributed by atoms with Crippen LogP contribution in [-0.2, 0) is 0 Å². The highest BCUT2D eigenvalue weighted by Gasteiger charge is 2.21. The lowest BCUT2D eigenvalue weighted by Crippen LogP contribution is -2.12. The average Bonchev–Trinajstić information content (AvgIpc) is 2.99. The Hall–Kier alpha value is -2.64. The Morgan fingerprint density at radius 2 is 2.33 bits per heavy atom. The van der Waals surface area contributed by atoms with Crippen LogP contribution in [0.15, 0.2) is 24.5 Å². The first kappa shape index (κ1) is 14.8. The molecule has 0 radical (unpaired) electrons. The maximum atomic E-state index is 14.0. The van der Waals surface area contributed by atoms with E-state index in [-0.39, 0.29) is 17.5 Å². The van der Waals surface area contributed by atoms with Gasteiger partial charge < -0.3 is 15.0 Å². The van der Waals surface area contributed by atoms with E-state index in [9.17, 15) is 14.5 Å². The topological polar surface area (TPSA) is 93.1 Å². The van der Waals surface area contributed by atoms with E-state index in [0.29, 0.717) is 12.2 Å². The van der Waals surface area contributed by atoms with Gasteiger partial charge in [-0.2, -0.15) is 0 Å². The number of aromatic amines is 1. The number of hydrogen-bond donors (Lipinski definition) is 2. The first-order valence-corrected chi connectivity index (χ1v) is 6.34. The van der Waals surface area contributed by atoms with Crippen molar-refractivity contribution in [3.8, 4) is 5.75 Å². The molecule has 1 unspecified atom stereocenters. The molecule has 0 aliphatic carbocycles. The van der Waals surface area contributed by atoms with Crippen LogP contribution in [0.4, 0.5) is 15.8 Å². The summed E-state index contributed by atoms with van der Waals surface area (Å²) >= 11 is 0. The molecule has 1 atom stereocenters. The summed E-state index contributed by atoms with van der Waals surface area (Å²) in [5.41, 5.74) is -0.285. The Balaban J connectivity index is 2.33. The number of rotatable bonds is 6. The summed E-state index contributed by atoms with van der Waals surface area (Å²) in [6, 6.07) is 1.88. The predicted molar refractivity (Wildman–Crippen MR) is 74.8 cm³/mol. The van der Waals surface area contributed by atoms with E-state index in [1.165, 1.54) is 13.2 Å². The fraction of sp³-hybridized carbons (Fsp3) is 0.308. The van der Waals surface area contributed by atoms with Gasteiger partial charge >= 0.3 is 5.69 Å². The number of H-pyrrole nitrogens is 1. The van der Waals surface area contributed by atoms with Crippen molar-refractivity contribution in [3.05, 3.63) is 46.3 Å². The standard InChI is InChI=1S/C13H15FN4O3/c1-3-9(13-15-4-5-16-13)17-10-7-12(21-2)11(18(19)20)6-8(10)14/h4-7,9,17H,3H2,1-2H3,(H,15,16). The molecular weight excluding hydrogens is 279 g/mol. The Morgan fingerprint density at radius 1 is 1.57 bits per heavy atom. The Morgan fingerprint density at radius 3 is 2.86 bits per heavy atom. The van der Waals surface area contributed by atoms with Crippen molar-refractivity contribution in [1.29, 1.82) is 0 Å². The summed E-state index contributed by atoms with van der Waals surface area (Å²) in [6.07, 6.45) is 3.94. The van der Waals surface area contributed by atoms with E-state index in [2.05, 4.69) is 15.3 Å². The molecule has 0 bridgehead atoms. The zero-order valence-electron chi connectivity index (χ0n) is 11.6. The van der Waals surface area contributed by atoms with Crippen LogP contribution < -0.4 is 10.1 Å². The molecule has 0 aliphatic rings. The molecule has 2 aromatic rings. The number of aromatic nitrogens is 2. The van der Waals surface area contributed by atoms with Gasteiger partial charge in [0, 0.05) is 18.5 Å². The van der Waals surface area contributed by atoms with Gasteiger partial charge in [-0.1, -0.05) is 6.92 Å². The largest absolute Gasteiger partial charge is 0.490 e. The molecule has 0 amide bonds. The molecular formula is C13H15FN4O3. The van der Waals surface area contributed by atoms with Crippen molar-refractivity contribution in [2.45, 2.75) is 19.4 Å². The predicted octanol–water partition coefficient (Wildman–Crippen LogP) is 3.03. The van der Waals surface area contributed by atoms with E-state index >= 15 is 0 Å². The maximum absolute atomic E-state index is 14.0. The van der Waals surface area contributed by atoms with E-state index in [4.69, 9.17) is 4.74 Å². The molecule has 2 N–H and O–H groups in total. The molecule has 0 fully saturated rings. The maximum Gasteiger partial charge on any atom is 0.313 e. The van der Waals surface area contributed by atoms with Crippen LogP contribution in [0, 0.1) is 15.9 Å². The number of ether oxygens (including phenoxy) is 1. The average molecular weight is 294 g/mol. The molecule has 21 heavy (non-hydrogen) atoms. The number of hydrogen-bond acceptors (Lipinski definition) is 5. The Kier molecular flexibility index (Phi) is 4.36. The van der Waals surface area contributed by atoms with Crippen LogP contribution in [0.25, 0.3) is 0 Å². The zero-order chi connectivity index (χ0) is 15.4. The lowest BCUT2D eigenvalue weighted by molar-refractivity contribution is -0.385. The molecule has 1 aromatic carbocycles. The minimum Gasteiger partial charge on any atom is -0.490 e. The number of anilines is 1. The molecule has 1 aromatic heterocycles. The van der Waals surface area contributed by atoms with Gasteiger partial charge in [0.05, 0.1) is 29.8 Å². The molecule has 0 spiro atoms. The third-order valence-electron chi connectivity index (χ3n) is 3.05. The lowest BCUT2D eigenvalue weighted by Gasteiger charge is -2.17. The van der Waals surface area contributed by atoms with Crippen LogP contribution in [-0.4, -0.2) is 22.0 Å². The van der Waals surface area contributed by atoms with Gasteiger partial charge in [-0.25, -0.2) is 9.37 Å². The van der Waals surface area contributed by atoms with E-state index < -0.39 is 16.4 Å². The van der Waals surface area contributed by atoms with Gasteiger partial charge in [0.1, 0.15) is 5.82 Å². The highest BCUT2D eigenvalue weighted by Crippen LogP contribution is 2.33. The summed E-state index contributed by atoms with van der Waals surface area (Å²) in [4.78, 5) is 17.2. The van der Waals surface area contributed by atoms with E-state index in [1.54, 1.807) is 12.4 Å². The molecule has 0 aliphatic heterocycles. The number of nitro groups is 1. The summed E-state index contributed by atoms with van der Waals surface area (Å²) in [5.74, 6) is -0.0556. The summed E-state index contributed by atoms with van der Waals surface area (Å²) in [6.45, 7) is 1.92. The van der Waals surface area contributed by atoms with E-state index in [0.717, 1.165) is 6.07 Å². The second-order valence-corrected chi connectivity index (χ2v) is 4.34. The number of halogens is 1. The Labute approximate surface area is 120 Å². The summed E-state index contributed by atoms with van der Waals surface area (Å²) < 4.78 is 18.9. The smallest absolute Gasteiger partial charge is 0.313 e. The van der Waals surface area contributed by atoms with Gasteiger partial charge in [0.15, 0.2) is 11.6 Å². The second kappa shape index (κ2) is 6.21. The van der Waals surface area contributed by atoms with E-state index in [1.807, 2.05) is 6.92 Å². The molecule has 112 valence electrons. The monoisotopic (exact) mass is 294 g/mol. The van der Waals surface area contributed by atoms with Crippen molar-refractivity contribution in [1.82, 2.24) is 9.97 Å². The van der Waals surface area contributed by atoms with Crippen molar-refractivity contribution < 1.29 is 14.1 Å². The SMILES string of the molecule is CCC(Nc1cc(OC)c([N+](=O)[O-])cc1F)c1ncc[nH]1. The van der Waals surface area contributed by atoms with Crippen LogP contribution in [0.1, 0.15) is 25.2 Å². The van der Waals surface area contributed by atoms with Gasteiger partial charge in [-0.05, 0) is 6.42 Å². The molecule has 0 saturated carbocycles. The van der Waals surface area contributed by atoms with Crippen LogP contribution in [0.5, 0.6) is 5.75 Å². The van der Waals surface area contributed by atoms with Crippen LogP contribution in [0.2, 0.25) is 0 Å². The van der Waals surface area contributed by atoms with Crippen LogP contribution >= 0.6 is 0 Å². The third kappa shape index (κ3) is 3.10. The van der Waals surface area contributed by atoms with Gasteiger partial charge in [-0.15, -0.1) is 0 Å². The summed E-state index contributed by atoms with van der Waals surface area (Å²) in [5, 5.41) is 13.8. The zero-order valence-corrected chi connectivity index (χ0v) is 11.6. The van der Waals surface area contributed by atoms with Crippen molar-refractivity contribution in [2.24, 2.45) is 0 Å². The first-order chi connectivity index (χ1) is 10.1. The van der Waals surface area contributed by atoms with Gasteiger partial charge in [0.2, 0.25) is 0 Å². The van der Waals surface area contributed by atoms with Crippen molar-refractivity contribution in [3.63, 3.8) is 0 Å².